The molecule has 16 heavy (non-hydrogen) atoms. The predicted molar refractivity (Wildman–Crippen MR) is 71.2 cm³/mol. The summed E-state index contributed by atoms with van der Waals surface area (Å²) in [5.41, 5.74) is 0. The summed E-state index contributed by atoms with van der Waals surface area (Å²) in [6.45, 7) is 2.23. The Morgan fingerprint density at radius 2 is 2.25 bits per heavy atom. The molecular formula is C12H16BrNOS. The smallest absolute Gasteiger partial charge is 0.172 e. The molecule has 1 aliphatic heterocycles. The first kappa shape index (κ1) is 12.3. The third kappa shape index (κ3) is 3.40. The fraction of sp³-hybridized carbons (Fsp3) is 0.583. The number of Topliss-reactive ketones (excluding diaryl/α,β-unsaturated/α-hetero) is 1. The second kappa shape index (κ2) is 5.94. The quantitative estimate of drug-likeness (QED) is 0.863. The highest BCUT2D eigenvalue weighted by atomic mass is 79.9. The standard InChI is InChI=1S/C12H16BrNOS/c13-10-7-12(16-8-10)11(15)2-1-9-3-5-14-6-4-9/h7-9,14H,1-6H2. The van der Waals surface area contributed by atoms with Crippen LogP contribution < -0.4 is 5.32 Å². The summed E-state index contributed by atoms with van der Waals surface area (Å²) in [6.07, 6.45) is 4.20. The SMILES string of the molecule is O=C(CCC1CCNCC1)c1cc(Br)cs1. The van der Waals surface area contributed by atoms with E-state index < -0.39 is 0 Å². The molecule has 0 aromatic carbocycles. The van der Waals surface area contributed by atoms with Crippen LogP contribution in [0.1, 0.15) is 35.4 Å². The van der Waals surface area contributed by atoms with Crippen molar-refractivity contribution in [2.75, 3.05) is 13.1 Å². The molecular weight excluding hydrogens is 286 g/mol. The van der Waals surface area contributed by atoms with Gasteiger partial charge in [-0.25, -0.2) is 0 Å². The van der Waals surface area contributed by atoms with E-state index in [1.54, 1.807) is 0 Å². The van der Waals surface area contributed by atoms with Crippen LogP contribution in [0.5, 0.6) is 0 Å². The molecule has 0 amide bonds. The second-order valence-corrected chi connectivity index (χ2v) is 6.11. The molecule has 0 saturated carbocycles. The number of carbonyl (C=O) groups excluding carboxylic acids is 1. The molecule has 1 aliphatic rings. The van der Waals surface area contributed by atoms with Crippen molar-refractivity contribution in [3.05, 3.63) is 20.8 Å². The third-order valence-electron chi connectivity index (χ3n) is 3.08. The maximum Gasteiger partial charge on any atom is 0.172 e. The monoisotopic (exact) mass is 301 g/mol. The number of nitrogens with one attached hydrogen (secondary N) is 1. The van der Waals surface area contributed by atoms with Gasteiger partial charge in [0.25, 0.3) is 0 Å². The summed E-state index contributed by atoms with van der Waals surface area (Å²) in [5, 5.41) is 5.32. The van der Waals surface area contributed by atoms with Gasteiger partial charge in [0.2, 0.25) is 0 Å². The molecule has 1 aromatic rings. The van der Waals surface area contributed by atoms with Crippen molar-refractivity contribution in [1.82, 2.24) is 5.32 Å². The summed E-state index contributed by atoms with van der Waals surface area (Å²) in [5.74, 6) is 1.04. The van der Waals surface area contributed by atoms with E-state index in [-0.39, 0.29) is 0 Å². The van der Waals surface area contributed by atoms with Crippen molar-refractivity contribution in [3.8, 4) is 0 Å². The van der Waals surface area contributed by atoms with E-state index in [4.69, 9.17) is 0 Å². The van der Waals surface area contributed by atoms with E-state index in [0.29, 0.717) is 12.2 Å². The van der Waals surface area contributed by atoms with E-state index in [2.05, 4.69) is 21.2 Å². The van der Waals surface area contributed by atoms with Crippen LogP contribution in [0.4, 0.5) is 0 Å². The summed E-state index contributed by atoms with van der Waals surface area (Å²) < 4.78 is 1.02. The average molecular weight is 302 g/mol. The first-order valence-corrected chi connectivity index (χ1v) is 7.41. The van der Waals surface area contributed by atoms with Crippen LogP contribution in [-0.2, 0) is 0 Å². The van der Waals surface area contributed by atoms with Crippen LogP contribution in [0.2, 0.25) is 0 Å². The van der Waals surface area contributed by atoms with Crippen molar-refractivity contribution >= 4 is 33.0 Å². The fourth-order valence-electron chi connectivity index (χ4n) is 2.09. The van der Waals surface area contributed by atoms with Crippen LogP contribution in [0.3, 0.4) is 0 Å². The number of hydrogen-bond acceptors (Lipinski definition) is 3. The minimum absolute atomic E-state index is 0.300. The molecule has 2 rings (SSSR count). The fourth-order valence-corrected chi connectivity index (χ4v) is 3.48. The lowest BCUT2D eigenvalue weighted by molar-refractivity contribution is 0.0974. The van der Waals surface area contributed by atoms with Crippen LogP contribution in [0, 0.1) is 5.92 Å². The van der Waals surface area contributed by atoms with Gasteiger partial charge < -0.3 is 5.32 Å². The summed E-state index contributed by atoms with van der Waals surface area (Å²) in [4.78, 5) is 12.8. The Bertz CT molecular complexity index is 358. The van der Waals surface area contributed by atoms with Gasteiger partial charge in [-0.2, -0.15) is 0 Å². The molecule has 0 atom stereocenters. The zero-order valence-electron chi connectivity index (χ0n) is 9.17. The van der Waals surface area contributed by atoms with E-state index in [1.807, 2.05) is 11.4 Å². The van der Waals surface area contributed by atoms with Crippen molar-refractivity contribution < 1.29 is 4.79 Å². The Morgan fingerprint density at radius 3 is 2.88 bits per heavy atom. The van der Waals surface area contributed by atoms with E-state index >= 15 is 0 Å². The number of carbonyl (C=O) groups is 1. The van der Waals surface area contributed by atoms with Crippen LogP contribution in [-0.4, -0.2) is 18.9 Å². The zero-order valence-corrected chi connectivity index (χ0v) is 11.6. The molecule has 0 bridgehead atoms. The molecule has 2 nitrogen and oxygen atoms in total. The van der Waals surface area contributed by atoms with Gasteiger partial charge in [0.15, 0.2) is 5.78 Å². The van der Waals surface area contributed by atoms with Crippen LogP contribution in [0.15, 0.2) is 15.9 Å². The number of ketones is 1. The Hall–Kier alpha value is -0.190. The minimum atomic E-state index is 0.300. The summed E-state index contributed by atoms with van der Waals surface area (Å²) in [7, 11) is 0. The summed E-state index contributed by atoms with van der Waals surface area (Å²) in [6, 6.07) is 1.93. The van der Waals surface area contributed by atoms with Gasteiger partial charge in [0.1, 0.15) is 0 Å². The Labute approximate surface area is 109 Å². The maximum absolute atomic E-state index is 11.9. The van der Waals surface area contributed by atoms with Gasteiger partial charge in [0.05, 0.1) is 4.88 Å². The Balaban J connectivity index is 1.79. The van der Waals surface area contributed by atoms with Crippen molar-refractivity contribution in [2.45, 2.75) is 25.7 Å². The number of halogens is 1. The van der Waals surface area contributed by atoms with Gasteiger partial charge in [-0.1, -0.05) is 0 Å². The molecule has 0 unspecified atom stereocenters. The molecule has 1 N–H and O–H groups in total. The third-order valence-corrected chi connectivity index (χ3v) is 4.81. The van der Waals surface area contributed by atoms with E-state index in [9.17, 15) is 4.79 Å². The lowest BCUT2D eigenvalue weighted by atomic mass is 9.92. The lowest BCUT2D eigenvalue weighted by Crippen LogP contribution is -2.27. The zero-order chi connectivity index (χ0) is 11.4. The van der Waals surface area contributed by atoms with Gasteiger partial charge in [-0.15, -0.1) is 11.3 Å². The largest absolute Gasteiger partial charge is 0.317 e. The van der Waals surface area contributed by atoms with Crippen LogP contribution >= 0.6 is 27.3 Å². The van der Waals surface area contributed by atoms with Crippen LogP contribution in [0.25, 0.3) is 0 Å². The molecule has 0 radical (unpaired) electrons. The highest BCUT2D eigenvalue weighted by molar-refractivity contribution is 9.10. The minimum Gasteiger partial charge on any atom is -0.317 e. The first-order chi connectivity index (χ1) is 7.75. The molecule has 1 saturated heterocycles. The number of thiophene rings is 1. The Kier molecular flexibility index (Phi) is 4.55. The predicted octanol–water partition coefficient (Wildman–Crippen LogP) is 3.47. The molecule has 4 heteroatoms. The normalized spacial score (nSPS) is 17.6. The number of hydrogen-bond donors (Lipinski definition) is 1. The summed E-state index contributed by atoms with van der Waals surface area (Å²) >= 11 is 4.91. The second-order valence-electron chi connectivity index (χ2n) is 4.28. The average Bonchev–Trinajstić information content (AvgIpc) is 2.74. The molecule has 0 aliphatic carbocycles. The van der Waals surface area contributed by atoms with Gasteiger partial charge in [0, 0.05) is 16.3 Å². The first-order valence-electron chi connectivity index (χ1n) is 5.73. The van der Waals surface area contributed by atoms with Gasteiger partial charge in [-0.3, -0.25) is 4.79 Å². The maximum atomic E-state index is 11.9. The van der Waals surface area contributed by atoms with E-state index in [0.717, 1.165) is 34.8 Å². The highest BCUT2D eigenvalue weighted by Crippen LogP contribution is 2.24. The topological polar surface area (TPSA) is 29.1 Å². The van der Waals surface area contributed by atoms with Crippen molar-refractivity contribution in [1.29, 1.82) is 0 Å². The molecule has 88 valence electrons. The Morgan fingerprint density at radius 1 is 1.50 bits per heavy atom. The van der Waals surface area contributed by atoms with Gasteiger partial charge in [-0.05, 0) is 60.3 Å². The van der Waals surface area contributed by atoms with E-state index in [1.165, 1.54) is 24.2 Å². The van der Waals surface area contributed by atoms with Gasteiger partial charge >= 0.3 is 0 Å². The molecule has 1 aromatic heterocycles. The molecule has 1 fully saturated rings. The molecule has 2 heterocycles. The highest BCUT2D eigenvalue weighted by Gasteiger charge is 2.15. The lowest BCUT2D eigenvalue weighted by Gasteiger charge is -2.21. The van der Waals surface area contributed by atoms with Crippen molar-refractivity contribution in [3.63, 3.8) is 0 Å². The molecule has 0 spiro atoms. The van der Waals surface area contributed by atoms with Crippen molar-refractivity contribution in [2.24, 2.45) is 5.92 Å². The number of rotatable bonds is 4. The number of piperidine rings is 1.